The van der Waals surface area contributed by atoms with Crippen LogP contribution in [0, 0.1) is 5.92 Å². The number of halogens is 1. The third-order valence-electron chi connectivity index (χ3n) is 4.93. The van der Waals surface area contributed by atoms with E-state index < -0.39 is 10.0 Å². The van der Waals surface area contributed by atoms with E-state index in [9.17, 15) is 13.2 Å². The molecule has 0 spiro atoms. The fourth-order valence-electron chi connectivity index (χ4n) is 3.27. The van der Waals surface area contributed by atoms with Crippen LogP contribution in [0.25, 0.3) is 0 Å². The maximum absolute atomic E-state index is 12.8. The smallest absolute Gasteiger partial charge is 0.243 e. The summed E-state index contributed by atoms with van der Waals surface area (Å²) in [7, 11) is -0.473. The molecule has 3 rings (SSSR count). The molecule has 0 aliphatic carbocycles. The molecular formula is C20H23BrN2O5S. The number of methoxy groups -OCH3 is 2. The Morgan fingerprint density at radius 3 is 2.24 bits per heavy atom. The first-order valence-electron chi connectivity index (χ1n) is 9.13. The van der Waals surface area contributed by atoms with Crippen molar-refractivity contribution < 1.29 is 22.7 Å². The average Bonchev–Trinajstić information content (AvgIpc) is 2.74. The van der Waals surface area contributed by atoms with Gasteiger partial charge in [-0.05, 0) is 49.2 Å². The first-order chi connectivity index (χ1) is 13.8. The number of rotatable bonds is 6. The molecule has 1 saturated heterocycles. The lowest BCUT2D eigenvalue weighted by molar-refractivity contribution is -0.120. The first-order valence-corrected chi connectivity index (χ1v) is 11.4. The molecule has 7 nitrogen and oxygen atoms in total. The Bertz CT molecular complexity index is 971. The molecule has 1 amide bonds. The van der Waals surface area contributed by atoms with Gasteiger partial charge in [0.05, 0.1) is 19.1 Å². The van der Waals surface area contributed by atoms with Gasteiger partial charge >= 0.3 is 0 Å². The average molecular weight is 483 g/mol. The highest BCUT2D eigenvalue weighted by atomic mass is 79.9. The number of anilines is 1. The lowest BCUT2D eigenvalue weighted by Crippen LogP contribution is -2.41. The Labute approximate surface area is 179 Å². The molecule has 0 aromatic heterocycles. The number of nitrogens with one attached hydrogen (secondary N) is 1. The highest BCUT2D eigenvalue weighted by Gasteiger charge is 2.32. The van der Waals surface area contributed by atoms with E-state index in [0.717, 1.165) is 4.47 Å². The topological polar surface area (TPSA) is 84.9 Å². The van der Waals surface area contributed by atoms with Crippen LogP contribution in [0.2, 0.25) is 0 Å². The molecule has 1 heterocycles. The number of carbonyl (C=O) groups is 1. The van der Waals surface area contributed by atoms with Crippen molar-refractivity contribution in [3.8, 4) is 11.5 Å². The second-order valence-corrected chi connectivity index (χ2v) is 9.54. The highest BCUT2D eigenvalue weighted by Crippen LogP contribution is 2.31. The van der Waals surface area contributed by atoms with Crippen molar-refractivity contribution in [3.05, 3.63) is 46.9 Å². The molecule has 29 heavy (non-hydrogen) atoms. The van der Waals surface area contributed by atoms with Gasteiger partial charge in [0, 0.05) is 35.2 Å². The fraction of sp³-hybridized carbons (Fsp3) is 0.350. The Kier molecular flexibility index (Phi) is 6.81. The van der Waals surface area contributed by atoms with Crippen LogP contribution in [0.5, 0.6) is 11.5 Å². The number of piperidine rings is 1. The summed E-state index contributed by atoms with van der Waals surface area (Å²) in [6.45, 7) is 0.616. The van der Waals surface area contributed by atoms with Crippen LogP contribution in [0.1, 0.15) is 12.8 Å². The van der Waals surface area contributed by atoms with Crippen LogP contribution in [0.3, 0.4) is 0 Å². The van der Waals surface area contributed by atoms with Gasteiger partial charge in [-0.3, -0.25) is 4.79 Å². The van der Waals surface area contributed by atoms with Gasteiger partial charge in [0.25, 0.3) is 0 Å². The summed E-state index contributed by atoms with van der Waals surface area (Å²) in [6.07, 6.45) is 0.934. The van der Waals surface area contributed by atoms with E-state index in [0.29, 0.717) is 43.1 Å². The monoisotopic (exact) mass is 482 g/mol. The minimum Gasteiger partial charge on any atom is -0.493 e. The molecule has 0 unspecified atom stereocenters. The van der Waals surface area contributed by atoms with Crippen molar-refractivity contribution in [2.24, 2.45) is 5.92 Å². The summed E-state index contributed by atoms with van der Waals surface area (Å²) in [4.78, 5) is 12.9. The zero-order chi connectivity index (χ0) is 21.0. The fourth-order valence-corrected chi connectivity index (χ4v) is 5.01. The van der Waals surface area contributed by atoms with E-state index >= 15 is 0 Å². The predicted octanol–water partition coefficient (Wildman–Crippen LogP) is 3.51. The molecular weight excluding hydrogens is 460 g/mol. The zero-order valence-electron chi connectivity index (χ0n) is 16.2. The number of benzene rings is 2. The number of nitrogens with zero attached hydrogens (tertiary/aromatic N) is 1. The van der Waals surface area contributed by atoms with E-state index in [-0.39, 0.29) is 16.7 Å². The minimum atomic E-state index is -3.55. The summed E-state index contributed by atoms with van der Waals surface area (Å²) in [5.74, 6) is 0.732. The van der Waals surface area contributed by atoms with Gasteiger partial charge in [0.2, 0.25) is 15.9 Å². The van der Waals surface area contributed by atoms with E-state index in [1.165, 1.54) is 11.4 Å². The van der Waals surface area contributed by atoms with Gasteiger partial charge in [0.15, 0.2) is 11.5 Å². The van der Waals surface area contributed by atoms with E-state index in [1.807, 2.05) is 0 Å². The summed E-state index contributed by atoms with van der Waals surface area (Å²) < 4.78 is 38.3. The normalized spacial score (nSPS) is 15.7. The molecule has 1 fully saturated rings. The Hall–Kier alpha value is -2.10. The molecule has 1 N–H and O–H groups in total. The molecule has 2 aromatic carbocycles. The van der Waals surface area contributed by atoms with E-state index in [2.05, 4.69) is 21.2 Å². The maximum Gasteiger partial charge on any atom is 0.243 e. The van der Waals surface area contributed by atoms with Crippen LogP contribution in [-0.4, -0.2) is 45.9 Å². The van der Waals surface area contributed by atoms with Gasteiger partial charge < -0.3 is 14.8 Å². The van der Waals surface area contributed by atoms with Crippen LogP contribution < -0.4 is 14.8 Å². The highest BCUT2D eigenvalue weighted by molar-refractivity contribution is 9.10. The van der Waals surface area contributed by atoms with Gasteiger partial charge in [0.1, 0.15) is 0 Å². The number of hydrogen-bond acceptors (Lipinski definition) is 5. The van der Waals surface area contributed by atoms with Crippen molar-refractivity contribution in [1.82, 2.24) is 4.31 Å². The largest absolute Gasteiger partial charge is 0.493 e. The van der Waals surface area contributed by atoms with Crippen molar-refractivity contribution in [2.75, 3.05) is 32.6 Å². The first kappa shape index (κ1) is 21.6. The van der Waals surface area contributed by atoms with Crippen LogP contribution in [0.4, 0.5) is 5.69 Å². The van der Waals surface area contributed by atoms with Crippen molar-refractivity contribution in [1.29, 1.82) is 0 Å². The quantitative estimate of drug-likeness (QED) is 0.680. The lowest BCUT2D eigenvalue weighted by Gasteiger charge is -2.30. The molecule has 0 radical (unpaired) electrons. The molecule has 2 aromatic rings. The Morgan fingerprint density at radius 2 is 1.66 bits per heavy atom. The van der Waals surface area contributed by atoms with Crippen LogP contribution >= 0.6 is 15.9 Å². The van der Waals surface area contributed by atoms with Crippen molar-refractivity contribution >= 4 is 37.5 Å². The van der Waals surface area contributed by atoms with E-state index in [4.69, 9.17) is 9.47 Å². The summed E-state index contributed by atoms with van der Waals surface area (Å²) in [5.41, 5.74) is 0.609. The van der Waals surface area contributed by atoms with Crippen molar-refractivity contribution in [2.45, 2.75) is 17.7 Å². The number of amides is 1. The lowest BCUT2D eigenvalue weighted by atomic mass is 9.97. The SMILES string of the molecule is COc1ccc(NC(=O)C2CCN(S(=O)(=O)c3ccc(Br)cc3)CC2)cc1OC. The van der Waals surface area contributed by atoms with E-state index in [1.54, 1.807) is 49.6 Å². The van der Waals surface area contributed by atoms with Crippen LogP contribution in [0.15, 0.2) is 51.8 Å². The molecule has 156 valence electrons. The van der Waals surface area contributed by atoms with Crippen LogP contribution in [-0.2, 0) is 14.8 Å². The predicted molar refractivity (Wildman–Crippen MR) is 114 cm³/mol. The second kappa shape index (κ2) is 9.15. The molecule has 9 heteroatoms. The molecule has 1 aliphatic rings. The minimum absolute atomic E-state index is 0.127. The summed E-state index contributed by atoms with van der Waals surface area (Å²) in [6, 6.07) is 11.7. The van der Waals surface area contributed by atoms with Gasteiger partial charge in [-0.1, -0.05) is 15.9 Å². The standard InChI is InChI=1S/C20H23BrN2O5S/c1-27-18-8-5-16(13-19(18)28-2)22-20(24)14-9-11-23(12-10-14)29(25,26)17-6-3-15(21)4-7-17/h3-8,13-14H,9-12H2,1-2H3,(H,22,24). The molecule has 0 atom stereocenters. The summed E-state index contributed by atoms with van der Waals surface area (Å²) in [5, 5.41) is 2.88. The maximum atomic E-state index is 12.8. The Morgan fingerprint density at radius 1 is 1.03 bits per heavy atom. The number of ether oxygens (including phenoxy) is 2. The molecule has 1 aliphatic heterocycles. The third-order valence-corrected chi connectivity index (χ3v) is 7.37. The van der Waals surface area contributed by atoms with Crippen molar-refractivity contribution in [3.63, 3.8) is 0 Å². The van der Waals surface area contributed by atoms with Gasteiger partial charge in [-0.15, -0.1) is 0 Å². The Balaban J connectivity index is 1.61. The van der Waals surface area contributed by atoms with Gasteiger partial charge in [-0.2, -0.15) is 4.31 Å². The third kappa shape index (κ3) is 4.91. The number of sulfonamides is 1. The number of hydrogen-bond donors (Lipinski definition) is 1. The summed E-state index contributed by atoms with van der Waals surface area (Å²) >= 11 is 3.31. The molecule has 0 bridgehead atoms. The van der Waals surface area contributed by atoms with Gasteiger partial charge in [-0.25, -0.2) is 8.42 Å². The number of carbonyl (C=O) groups excluding carboxylic acids is 1. The molecule has 0 saturated carbocycles. The zero-order valence-corrected chi connectivity index (χ0v) is 18.6. The second-order valence-electron chi connectivity index (χ2n) is 6.69.